The Kier molecular flexibility index (Phi) is 2.66. The van der Waals surface area contributed by atoms with E-state index in [2.05, 4.69) is 4.98 Å². The first-order chi connectivity index (χ1) is 5.98. The number of carboxylic acid groups (broad SMARTS) is 1. The Labute approximate surface area is 79.2 Å². The molecular weight excluding hydrogens is 193 g/mol. The fourth-order valence-corrected chi connectivity index (χ4v) is 1.63. The molecule has 0 aromatic carbocycles. The van der Waals surface area contributed by atoms with Crippen molar-refractivity contribution in [1.29, 1.82) is 0 Å². The van der Waals surface area contributed by atoms with E-state index in [-0.39, 0.29) is 0 Å². The van der Waals surface area contributed by atoms with Crippen LogP contribution in [0.1, 0.15) is 23.7 Å². The standard InChI is InChI=1S/C8H10FNO2S/c1-8(2,7(11)12)5-4-10-6(3-9)13-5/h4H,3H2,1-2H3,(H,11,12). The molecule has 0 fully saturated rings. The summed E-state index contributed by atoms with van der Waals surface area (Å²) in [6, 6.07) is 0. The van der Waals surface area contributed by atoms with E-state index in [1.807, 2.05) is 0 Å². The number of alkyl halides is 1. The molecule has 1 N–H and O–H groups in total. The number of carboxylic acids is 1. The van der Waals surface area contributed by atoms with Gasteiger partial charge in [0, 0.05) is 11.1 Å². The number of aliphatic carboxylic acids is 1. The van der Waals surface area contributed by atoms with Gasteiger partial charge in [-0.3, -0.25) is 4.79 Å². The highest BCUT2D eigenvalue weighted by Gasteiger charge is 2.31. The number of hydrogen-bond acceptors (Lipinski definition) is 3. The Morgan fingerprint density at radius 2 is 2.38 bits per heavy atom. The lowest BCUT2D eigenvalue weighted by molar-refractivity contribution is -0.142. The van der Waals surface area contributed by atoms with Gasteiger partial charge in [0.25, 0.3) is 0 Å². The minimum absolute atomic E-state index is 0.323. The second kappa shape index (κ2) is 3.41. The Bertz CT molecular complexity index is 322. The minimum Gasteiger partial charge on any atom is -0.481 e. The molecule has 0 unspecified atom stereocenters. The lowest BCUT2D eigenvalue weighted by Gasteiger charge is -2.15. The van der Waals surface area contributed by atoms with Gasteiger partial charge in [-0.1, -0.05) is 0 Å². The van der Waals surface area contributed by atoms with Crippen molar-refractivity contribution in [1.82, 2.24) is 4.98 Å². The van der Waals surface area contributed by atoms with Crippen molar-refractivity contribution in [3.63, 3.8) is 0 Å². The van der Waals surface area contributed by atoms with Crippen molar-refractivity contribution in [2.75, 3.05) is 0 Å². The topological polar surface area (TPSA) is 50.2 Å². The zero-order chi connectivity index (χ0) is 10.1. The fourth-order valence-electron chi connectivity index (χ4n) is 0.766. The summed E-state index contributed by atoms with van der Waals surface area (Å²) in [7, 11) is 0. The van der Waals surface area contributed by atoms with Crippen molar-refractivity contribution in [2.24, 2.45) is 0 Å². The van der Waals surface area contributed by atoms with Gasteiger partial charge in [-0.05, 0) is 13.8 Å². The molecule has 0 spiro atoms. The van der Waals surface area contributed by atoms with Crippen LogP contribution in [-0.2, 0) is 16.9 Å². The highest BCUT2D eigenvalue weighted by Crippen LogP contribution is 2.28. The van der Waals surface area contributed by atoms with Gasteiger partial charge in [0.05, 0.1) is 5.41 Å². The fraction of sp³-hybridized carbons (Fsp3) is 0.500. The maximum Gasteiger partial charge on any atom is 0.314 e. The molecule has 0 saturated heterocycles. The first kappa shape index (κ1) is 10.1. The molecule has 1 aromatic heterocycles. The molecular formula is C8H10FNO2S. The lowest BCUT2D eigenvalue weighted by Crippen LogP contribution is -2.27. The molecule has 72 valence electrons. The average molecular weight is 203 g/mol. The van der Waals surface area contributed by atoms with Crippen molar-refractivity contribution >= 4 is 17.3 Å². The van der Waals surface area contributed by atoms with Crippen LogP contribution in [0.15, 0.2) is 6.20 Å². The molecule has 3 nitrogen and oxygen atoms in total. The zero-order valence-corrected chi connectivity index (χ0v) is 8.19. The highest BCUT2D eigenvalue weighted by molar-refractivity contribution is 7.11. The SMILES string of the molecule is CC(C)(C(=O)O)c1cnc(CF)s1. The van der Waals surface area contributed by atoms with Gasteiger partial charge >= 0.3 is 5.97 Å². The minimum atomic E-state index is -0.981. The van der Waals surface area contributed by atoms with Crippen LogP contribution in [0.4, 0.5) is 4.39 Å². The molecule has 0 saturated carbocycles. The molecule has 0 aliphatic rings. The number of carbonyl (C=O) groups is 1. The number of nitrogens with zero attached hydrogens (tertiary/aromatic N) is 1. The average Bonchev–Trinajstić information content (AvgIpc) is 2.51. The van der Waals surface area contributed by atoms with Gasteiger partial charge in [0.2, 0.25) is 0 Å². The lowest BCUT2D eigenvalue weighted by atomic mass is 9.93. The summed E-state index contributed by atoms with van der Waals surface area (Å²) in [6.45, 7) is 2.51. The van der Waals surface area contributed by atoms with Crippen LogP contribution in [0, 0.1) is 0 Å². The quantitative estimate of drug-likeness (QED) is 0.817. The number of hydrogen-bond donors (Lipinski definition) is 1. The summed E-state index contributed by atoms with van der Waals surface area (Å²) in [6.07, 6.45) is 1.42. The number of aromatic nitrogens is 1. The van der Waals surface area contributed by atoms with E-state index in [0.717, 1.165) is 11.3 Å². The largest absolute Gasteiger partial charge is 0.481 e. The summed E-state index contributed by atoms with van der Waals surface area (Å²) in [5, 5.41) is 9.19. The van der Waals surface area contributed by atoms with Gasteiger partial charge in [0.1, 0.15) is 11.7 Å². The third-order valence-electron chi connectivity index (χ3n) is 1.82. The molecule has 0 aliphatic heterocycles. The van der Waals surface area contributed by atoms with E-state index in [1.54, 1.807) is 13.8 Å². The van der Waals surface area contributed by atoms with Crippen LogP contribution in [0.5, 0.6) is 0 Å². The van der Waals surface area contributed by atoms with Crippen LogP contribution in [0.25, 0.3) is 0 Å². The van der Waals surface area contributed by atoms with Crippen molar-refractivity contribution in [3.8, 4) is 0 Å². The smallest absolute Gasteiger partial charge is 0.314 e. The van der Waals surface area contributed by atoms with Gasteiger partial charge < -0.3 is 5.11 Å². The highest BCUT2D eigenvalue weighted by atomic mass is 32.1. The Morgan fingerprint density at radius 1 is 1.77 bits per heavy atom. The van der Waals surface area contributed by atoms with Crippen LogP contribution >= 0.6 is 11.3 Å². The predicted molar refractivity (Wildman–Crippen MR) is 47.6 cm³/mol. The first-order valence-corrected chi connectivity index (χ1v) is 4.54. The van der Waals surface area contributed by atoms with Crippen molar-refractivity contribution in [3.05, 3.63) is 16.1 Å². The summed E-state index contributed by atoms with van der Waals surface area (Å²) < 4.78 is 12.1. The molecule has 1 aromatic rings. The van der Waals surface area contributed by atoms with E-state index in [1.165, 1.54) is 6.20 Å². The molecule has 0 amide bonds. The second-order valence-corrected chi connectivity index (χ2v) is 4.30. The monoisotopic (exact) mass is 203 g/mol. The third kappa shape index (κ3) is 1.85. The second-order valence-electron chi connectivity index (χ2n) is 3.18. The van der Waals surface area contributed by atoms with Crippen LogP contribution < -0.4 is 0 Å². The van der Waals surface area contributed by atoms with Gasteiger partial charge in [0.15, 0.2) is 0 Å². The summed E-state index contributed by atoms with van der Waals surface area (Å²) in [4.78, 5) is 15.1. The van der Waals surface area contributed by atoms with Crippen molar-refractivity contribution in [2.45, 2.75) is 25.9 Å². The summed E-state index contributed by atoms with van der Waals surface area (Å²) in [5.74, 6) is -0.929. The summed E-state index contributed by atoms with van der Waals surface area (Å²) in [5.41, 5.74) is -0.981. The third-order valence-corrected chi connectivity index (χ3v) is 3.10. The first-order valence-electron chi connectivity index (χ1n) is 3.73. The van der Waals surface area contributed by atoms with E-state index in [4.69, 9.17) is 5.11 Å². The Morgan fingerprint density at radius 3 is 2.77 bits per heavy atom. The predicted octanol–water partition coefficient (Wildman–Crippen LogP) is 1.97. The number of halogens is 1. The molecule has 0 aliphatic carbocycles. The van der Waals surface area contributed by atoms with E-state index < -0.39 is 18.1 Å². The maximum atomic E-state index is 12.1. The molecule has 13 heavy (non-hydrogen) atoms. The van der Waals surface area contributed by atoms with E-state index in [9.17, 15) is 9.18 Å². The molecule has 0 radical (unpaired) electrons. The molecule has 1 heterocycles. The number of thiazole rings is 1. The zero-order valence-electron chi connectivity index (χ0n) is 7.37. The van der Waals surface area contributed by atoms with Gasteiger partial charge in [-0.2, -0.15) is 0 Å². The molecule has 0 atom stereocenters. The Balaban J connectivity index is 3.00. The molecule has 1 rings (SSSR count). The van der Waals surface area contributed by atoms with Crippen LogP contribution in [0.2, 0.25) is 0 Å². The molecule has 0 bridgehead atoms. The van der Waals surface area contributed by atoms with Crippen LogP contribution in [-0.4, -0.2) is 16.1 Å². The number of rotatable bonds is 3. The van der Waals surface area contributed by atoms with Crippen molar-refractivity contribution < 1.29 is 14.3 Å². The van der Waals surface area contributed by atoms with Gasteiger partial charge in [-0.25, -0.2) is 9.37 Å². The van der Waals surface area contributed by atoms with E-state index >= 15 is 0 Å². The van der Waals surface area contributed by atoms with E-state index in [0.29, 0.717) is 9.88 Å². The normalized spacial score (nSPS) is 11.6. The maximum absolute atomic E-state index is 12.1. The Hall–Kier alpha value is -0.970. The summed E-state index contributed by atoms with van der Waals surface area (Å²) >= 11 is 1.10. The van der Waals surface area contributed by atoms with Gasteiger partial charge in [-0.15, -0.1) is 11.3 Å². The molecule has 5 heteroatoms. The van der Waals surface area contributed by atoms with Crippen LogP contribution in [0.3, 0.4) is 0 Å².